The van der Waals surface area contributed by atoms with Crippen molar-refractivity contribution in [3.05, 3.63) is 0 Å². The summed E-state index contributed by atoms with van der Waals surface area (Å²) in [4.78, 5) is 14.3. The summed E-state index contributed by atoms with van der Waals surface area (Å²) in [7, 11) is 3.61. The van der Waals surface area contributed by atoms with Crippen LogP contribution in [0.2, 0.25) is 0 Å². The Balaban J connectivity index is 0. The fraction of sp³-hybridized carbons (Fsp3) is 0.600. The Bertz CT molecular complexity index is 102. The van der Waals surface area contributed by atoms with E-state index < -0.39 is 5.97 Å². The number of nitrogens with zero attached hydrogens (tertiary/aromatic N) is 1. The van der Waals surface area contributed by atoms with Gasteiger partial charge in [0.2, 0.25) is 0 Å². The topological polar surface area (TPSA) is 68.1 Å². The number of hydrogen-bond acceptors (Lipinski definition) is 5. The van der Waals surface area contributed by atoms with Crippen molar-refractivity contribution >= 4 is 12.2 Å². The molecule has 0 aromatic heterocycles. The average Bonchev–Trinajstić information content (AvgIpc) is 2.04. The lowest BCUT2D eigenvalue weighted by Crippen LogP contribution is -2.00. The maximum atomic E-state index is 10.1. The molecule has 0 rings (SSSR count). The number of ether oxygens (including phenoxy) is 1. The first-order valence-corrected chi connectivity index (χ1v) is 2.40. The predicted molar refractivity (Wildman–Crippen MR) is 35.7 cm³/mol. The van der Waals surface area contributed by atoms with Crippen LogP contribution in [0.25, 0.3) is 0 Å². The molecule has 5 heteroatoms. The summed E-state index contributed by atoms with van der Waals surface area (Å²) in [5.74, 6) is -0.521. The summed E-state index contributed by atoms with van der Waals surface area (Å²) in [5.41, 5.74) is 0. The van der Waals surface area contributed by atoms with Crippen LogP contribution in [0.4, 0.5) is 0 Å². The number of aliphatic hydroxyl groups is 1. The van der Waals surface area contributed by atoms with E-state index >= 15 is 0 Å². The lowest BCUT2D eigenvalue weighted by molar-refractivity contribution is -0.132. The third-order valence-corrected chi connectivity index (χ3v) is 0.465. The van der Waals surface area contributed by atoms with Gasteiger partial charge in [0.25, 0.3) is 0 Å². The zero-order valence-corrected chi connectivity index (χ0v) is 6.20. The van der Waals surface area contributed by atoms with E-state index in [1.54, 1.807) is 0 Å². The van der Waals surface area contributed by atoms with Crippen LogP contribution in [0.1, 0.15) is 0 Å². The first kappa shape index (κ1) is 11.7. The Labute approximate surface area is 59.2 Å². The first-order valence-electron chi connectivity index (χ1n) is 2.40. The number of methoxy groups -OCH3 is 1. The van der Waals surface area contributed by atoms with Gasteiger partial charge in [-0.3, -0.25) is 0 Å². The minimum absolute atomic E-state index is 0.521. The van der Waals surface area contributed by atoms with E-state index in [0.29, 0.717) is 0 Å². The molecule has 10 heavy (non-hydrogen) atoms. The van der Waals surface area contributed by atoms with Gasteiger partial charge in [0.05, 0.1) is 7.11 Å². The molecule has 0 aliphatic rings. The van der Waals surface area contributed by atoms with Gasteiger partial charge in [-0.25, -0.2) is 4.79 Å². The lowest BCUT2D eigenvalue weighted by Gasteiger charge is -1.86. The summed E-state index contributed by atoms with van der Waals surface area (Å²) in [6, 6.07) is 0. The average molecular weight is 149 g/mol. The standard InChI is InChI=1S/C4H7NO3.CH4O/c1-7-4(6)3-5-8-2;1-2/h3H,1-2H3;2H,1H3/b5-3+;. The molecule has 60 valence electrons. The van der Waals surface area contributed by atoms with Crippen LogP contribution in [0.3, 0.4) is 0 Å². The molecule has 0 bridgehead atoms. The van der Waals surface area contributed by atoms with Crippen molar-refractivity contribution in [3.63, 3.8) is 0 Å². The van der Waals surface area contributed by atoms with Gasteiger partial charge < -0.3 is 14.7 Å². The number of carbonyl (C=O) groups is 1. The highest BCUT2D eigenvalue weighted by molar-refractivity contribution is 6.22. The molecule has 0 radical (unpaired) electrons. The fourth-order valence-corrected chi connectivity index (χ4v) is 0.148. The highest BCUT2D eigenvalue weighted by Crippen LogP contribution is 1.67. The molecule has 0 unspecified atom stereocenters. The number of oxime groups is 1. The Morgan fingerprint density at radius 1 is 1.50 bits per heavy atom. The molecule has 5 nitrogen and oxygen atoms in total. The quantitative estimate of drug-likeness (QED) is 0.323. The number of esters is 1. The summed E-state index contributed by atoms with van der Waals surface area (Å²) in [5, 5.41) is 10.1. The third-order valence-electron chi connectivity index (χ3n) is 0.465. The maximum Gasteiger partial charge on any atom is 0.352 e. The van der Waals surface area contributed by atoms with Crippen LogP contribution in [0.5, 0.6) is 0 Å². The molecule has 0 saturated carbocycles. The summed E-state index contributed by atoms with van der Waals surface area (Å²) in [6.07, 6.45) is 0.944. The molecule has 0 aromatic rings. The molecule has 0 aromatic carbocycles. The van der Waals surface area contributed by atoms with Crippen molar-refractivity contribution in [1.29, 1.82) is 0 Å². The molecule has 0 fully saturated rings. The smallest absolute Gasteiger partial charge is 0.352 e. The van der Waals surface area contributed by atoms with Crippen LogP contribution in [0, 0.1) is 0 Å². The Morgan fingerprint density at radius 3 is 2.30 bits per heavy atom. The van der Waals surface area contributed by atoms with Crippen LogP contribution < -0.4 is 0 Å². The van der Waals surface area contributed by atoms with Crippen molar-refractivity contribution in [2.45, 2.75) is 0 Å². The van der Waals surface area contributed by atoms with E-state index in [-0.39, 0.29) is 0 Å². The lowest BCUT2D eigenvalue weighted by atomic mass is 10.8. The van der Waals surface area contributed by atoms with Gasteiger partial charge in [0, 0.05) is 7.11 Å². The Kier molecular flexibility index (Phi) is 12.6. The SMILES string of the molecule is CO.CO/N=C/C(=O)OC. The molecule has 0 aliphatic heterocycles. The Morgan fingerprint density at radius 2 is 2.00 bits per heavy atom. The van der Waals surface area contributed by atoms with Gasteiger partial charge in [0.15, 0.2) is 6.21 Å². The molecule has 1 N–H and O–H groups in total. The molecular weight excluding hydrogens is 138 g/mol. The summed E-state index contributed by atoms with van der Waals surface area (Å²) < 4.78 is 4.18. The zero-order valence-electron chi connectivity index (χ0n) is 6.20. The third kappa shape index (κ3) is 10.0. The number of hydrogen-bond donors (Lipinski definition) is 1. The minimum Gasteiger partial charge on any atom is -0.465 e. The fourth-order valence-electron chi connectivity index (χ4n) is 0.148. The second-order valence-corrected chi connectivity index (χ2v) is 0.940. The van der Waals surface area contributed by atoms with Crippen LogP contribution in [-0.2, 0) is 14.4 Å². The molecule has 0 atom stereocenters. The van der Waals surface area contributed by atoms with E-state index in [0.717, 1.165) is 13.3 Å². The highest BCUT2D eigenvalue weighted by Gasteiger charge is 1.88. The normalized spacial score (nSPS) is 8.00. The van der Waals surface area contributed by atoms with Crippen LogP contribution >= 0.6 is 0 Å². The molecule has 0 saturated heterocycles. The second kappa shape index (κ2) is 10.8. The molecular formula is C5H11NO4. The molecule has 0 amide bonds. The minimum atomic E-state index is -0.521. The summed E-state index contributed by atoms with van der Waals surface area (Å²) >= 11 is 0. The zero-order chi connectivity index (χ0) is 8.41. The van der Waals surface area contributed by atoms with Crippen molar-refractivity contribution in [2.75, 3.05) is 21.3 Å². The van der Waals surface area contributed by atoms with E-state index in [1.807, 2.05) is 0 Å². The van der Waals surface area contributed by atoms with Crippen LogP contribution in [0.15, 0.2) is 5.16 Å². The van der Waals surface area contributed by atoms with E-state index in [9.17, 15) is 4.79 Å². The van der Waals surface area contributed by atoms with Gasteiger partial charge in [-0.15, -0.1) is 0 Å². The van der Waals surface area contributed by atoms with Crippen molar-refractivity contribution in [2.24, 2.45) is 5.16 Å². The Hall–Kier alpha value is -1.10. The monoisotopic (exact) mass is 149 g/mol. The van der Waals surface area contributed by atoms with Crippen molar-refractivity contribution in [1.82, 2.24) is 0 Å². The largest absolute Gasteiger partial charge is 0.465 e. The van der Waals surface area contributed by atoms with Gasteiger partial charge in [-0.05, 0) is 0 Å². The van der Waals surface area contributed by atoms with E-state index in [4.69, 9.17) is 5.11 Å². The predicted octanol–water partition coefficient (Wildman–Crippen LogP) is -0.600. The second-order valence-electron chi connectivity index (χ2n) is 0.940. The van der Waals surface area contributed by atoms with Gasteiger partial charge in [-0.2, -0.15) is 0 Å². The summed E-state index contributed by atoms with van der Waals surface area (Å²) in [6.45, 7) is 0. The number of aliphatic hydroxyl groups excluding tert-OH is 1. The van der Waals surface area contributed by atoms with Crippen molar-refractivity contribution < 1.29 is 19.5 Å². The number of carbonyl (C=O) groups excluding carboxylic acids is 1. The maximum absolute atomic E-state index is 10.1. The number of rotatable bonds is 2. The molecule has 0 spiro atoms. The van der Waals surface area contributed by atoms with E-state index in [2.05, 4.69) is 14.7 Å². The molecule has 0 aliphatic carbocycles. The van der Waals surface area contributed by atoms with Gasteiger partial charge in [-0.1, -0.05) is 5.16 Å². The van der Waals surface area contributed by atoms with Crippen molar-refractivity contribution in [3.8, 4) is 0 Å². The molecule has 0 heterocycles. The first-order chi connectivity index (χ1) is 4.81. The van der Waals surface area contributed by atoms with Gasteiger partial charge >= 0.3 is 5.97 Å². The van der Waals surface area contributed by atoms with E-state index in [1.165, 1.54) is 14.2 Å². The van der Waals surface area contributed by atoms with Gasteiger partial charge in [0.1, 0.15) is 7.11 Å². The highest BCUT2D eigenvalue weighted by atomic mass is 16.6. The van der Waals surface area contributed by atoms with Crippen LogP contribution in [-0.4, -0.2) is 38.6 Å².